The largest absolute Gasteiger partial charge is 0.493 e. The first-order valence-corrected chi connectivity index (χ1v) is 20.8. The number of ether oxygens (including phenoxy) is 3. The highest BCUT2D eigenvalue weighted by Gasteiger charge is 2.39. The lowest BCUT2D eigenvalue weighted by Gasteiger charge is -2.42. The van der Waals surface area contributed by atoms with Crippen LogP contribution in [0.5, 0.6) is 17.2 Å². The molecule has 58 heavy (non-hydrogen) atoms. The van der Waals surface area contributed by atoms with Gasteiger partial charge in [-0.3, -0.25) is 14.7 Å². The molecule has 1 saturated carbocycles. The van der Waals surface area contributed by atoms with E-state index in [2.05, 4.69) is 59.4 Å². The van der Waals surface area contributed by atoms with Gasteiger partial charge in [0, 0.05) is 30.9 Å². The van der Waals surface area contributed by atoms with Crippen molar-refractivity contribution in [2.24, 2.45) is 5.92 Å². The zero-order chi connectivity index (χ0) is 40.2. The predicted octanol–water partition coefficient (Wildman–Crippen LogP) is 9.14. The van der Waals surface area contributed by atoms with E-state index in [9.17, 15) is 14.7 Å². The van der Waals surface area contributed by atoms with Gasteiger partial charge in [-0.15, -0.1) is 0 Å². The van der Waals surface area contributed by atoms with Gasteiger partial charge < -0.3 is 24.6 Å². The van der Waals surface area contributed by atoms with Crippen LogP contribution < -0.4 is 19.5 Å². The number of carbonyl (C=O) groups is 2. The average Bonchev–Trinajstić information content (AvgIpc) is 3.78. The molecule has 9 nitrogen and oxygen atoms in total. The van der Waals surface area contributed by atoms with E-state index in [0.717, 1.165) is 69.0 Å². The van der Waals surface area contributed by atoms with Gasteiger partial charge in [-0.2, -0.15) is 0 Å². The van der Waals surface area contributed by atoms with Crippen molar-refractivity contribution in [3.8, 4) is 28.4 Å². The van der Waals surface area contributed by atoms with Crippen LogP contribution in [0.15, 0.2) is 103 Å². The summed E-state index contributed by atoms with van der Waals surface area (Å²) >= 11 is 0. The Morgan fingerprint density at radius 1 is 0.931 bits per heavy atom. The lowest BCUT2D eigenvalue weighted by atomic mass is 9.89. The maximum absolute atomic E-state index is 14.4. The van der Waals surface area contributed by atoms with Gasteiger partial charge in [0.15, 0.2) is 17.6 Å². The van der Waals surface area contributed by atoms with Gasteiger partial charge in [-0.25, -0.2) is 4.79 Å². The number of aryl methyl sites for hydroxylation is 1. The number of aromatic nitrogens is 1. The Morgan fingerprint density at radius 2 is 1.67 bits per heavy atom. The molecule has 0 bridgehead atoms. The van der Waals surface area contributed by atoms with Crippen LogP contribution in [0.25, 0.3) is 11.1 Å². The first-order chi connectivity index (χ1) is 28.2. The molecular formula is C49H53N3O6. The van der Waals surface area contributed by atoms with Crippen molar-refractivity contribution in [2.45, 2.75) is 96.5 Å². The van der Waals surface area contributed by atoms with Crippen molar-refractivity contribution in [1.82, 2.24) is 15.2 Å². The zero-order valence-corrected chi connectivity index (χ0v) is 33.7. The second kappa shape index (κ2) is 17.4. The van der Waals surface area contributed by atoms with E-state index in [4.69, 9.17) is 14.2 Å². The maximum atomic E-state index is 14.4. The first kappa shape index (κ1) is 39.2. The number of carboxylic acids is 1. The van der Waals surface area contributed by atoms with Crippen LogP contribution in [-0.2, 0) is 29.0 Å². The van der Waals surface area contributed by atoms with E-state index < -0.39 is 18.1 Å². The number of benzene rings is 4. The zero-order valence-electron chi connectivity index (χ0n) is 33.7. The third kappa shape index (κ3) is 8.60. The lowest BCUT2D eigenvalue weighted by molar-refractivity contribution is -0.143. The summed E-state index contributed by atoms with van der Waals surface area (Å²) in [5, 5.41) is 13.3. The number of amides is 1. The molecule has 9 heteroatoms. The van der Waals surface area contributed by atoms with Crippen molar-refractivity contribution in [2.75, 3.05) is 13.2 Å². The Labute approximate surface area is 341 Å². The Morgan fingerprint density at radius 3 is 2.40 bits per heavy atom. The fraction of sp³-hybridized carbons (Fsp3) is 0.367. The van der Waals surface area contributed by atoms with Crippen molar-refractivity contribution >= 4 is 11.9 Å². The van der Waals surface area contributed by atoms with Crippen molar-refractivity contribution < 1.29 is 28.9 Å². The van der Waals surface area contributed by atoms with Crippen molar-refractivity contribution in [3.05, 3.63) is 142 Å². The second-order valence-electron chi connectivity index (χ2n) is 16.1. The fourth-order valence-corrected chi connectivity index (χ4v) is 8.89. The number of fused-ring (bicyclic) bond motifs is 2. The molecule has 4 atom stereocenters. The van der Waals surface area contributed by atoms with Gasteiger partial charge in [0.05, 0.1) is 12.6 Å². The molecule has 5 aromatic rings. The van der Waals surface area contributed by atoms with Gasteiger partial charge in [-0.1, -0.05) is 86.5 Å². The van der Waals surface area contributed by atoms with Crippen LogP contribution in [0.4, 0.5) is 0 Å². The highest BCUT2D eigenvalue weighted by molar-refractivity contribution is 5.87. The summed E-state index contributed by atoms with van der Waals surface area (Å²) < 4.78 is 19.0. The lowest BCUT2D eigenvalue weighted by Crippen LogP contribution is -2.55. The molecule has 3 aliphatic rings. The SMILES string of the molecule is CC[C@@H](c1ccccc1)N1Cc2cc3c(cc2C[C@H]1C(=O)NC(Cc1ccc(-c2ccnc(C)c2C)cc1)C(=O)O)OC[C@H](c1ccc(OCC2CCCC2)cc1)O3. The van der Waals surface area contributed by atoms with E-state index in [-0.39, 0.29) is 24.5 Å². The van der Waals surface area contributed by atoms with Gasteiger partial charge in [-0.05, 0) is 120 Å². The molecule has 0 radical (unpaired) electrons. The standard InChI is InChI=1S/C49H53N3O6/c1-4-43(36-12-6-5-7-13-36)52-28-39-27-46-45(57-30-47(58-46)37-18-20-40(21-19-37)56-29-34-10-8-9-11-34)26-38(39)25-44(52)48(53)51-42(49(54)55)24-33-14-16-35(17-15-33)41-22-23-50-32(3)31(41)2/h5-7,12-23,26-27,34,42-44,47H,4,8-11,24-25,28-30H2,1-3H3,(H,51,53)(H,54,55)/t42?,43-,44-,47+/m0/s1. The number of carboxylic acid groups (broad SMARTS) is 1. The van der Waals surface area contributed by atoms with E-state index in [1.807, 2.05) is 73.7 Å². The minimum atomic E-state index is -1.10. The Balaban J connectivity index is 1.00. The molecule has 4 aromatic carbocycles. The molecule has 0 spiro atoms. The molecule has 2 aliphatic heterocycles. The number of pyridine rings is 1. The predicted molar refractivity (Wildman–Crippen MR) is 224 cm³/mol. The minimum Gasteiger partial charge on any atom is -0.493 e. The quantitative estimate of drug-likeness (QED) is 0.122. The molecule has 1 unspecified atom stereocenters. The van der Waals surface area contributed by atoms with E-state index in [0.29, 0.717) is 37.0 Å². The van der Waals surface area contributed by atoms with Crippen LogP contribution in [0, 0.1) is 19.8 Å². The molecular weight excluding hydrogens is 727 g/mol. The third-order valence-electron chi connectivity index (χ3n) is 12.4. The summed E-state index contributed by atoms with van der Waals surface area (Å²) in [6, 6.07) is 30.5. The van der Waals surface area contributed by atoms with Crippen LogP contribution in [-0.4, -0.2) is 52.2 Å². The Kier molecular flexibility index (Phi) is 11.8. The molecule has 3 heterocycles. The molecule has 8 rings (SSSR count). The molecule has 1 amide bonds. The number of nitrogens with one attached hydrogen (secondary N) is 1. The van der Waals surface area contributed by atoms with Crippen LogP contribution in [0.2, 0.25) is 0 Å². The minimum absolute atomic E-state index is 0.0726. The maximum Gasteiger partial charge on any atom is 0.326 e. The smallest absolute Gasteiger partial charge is 0.326 e. The van der Waals surface area contributed by atoms with E-state index >= 15 is 0 Å². The third-order valence-corrected chi connectivity index (χ3v) is 12.4. The molecule has 1 aromatic heterocycles. The van der Waals surface area contributed by atoms with Gasteiger partial charge in [0.1, 0.15) is 18.4 Å². The highest BCUT2D eigenvalue weighted by Crippen LogP contribution is 2.43. The molecule has 1 fully saturated rings. The van der Waals surface area contributed by atoms with Crippen LogP contribution >= 0.6 is 0 Å². The fourth-order valence-electron chi connectivity index (χ4n) is 8.89. The number of nitrogens with zero attached hydrogens (tertiary/aromatic N) is 2. The summed E-state index contributed by atoms with van der Waals surface area (Å²) in [6.07, 6.45) is 7.96. The summed E-state index contributed by atoms with van der Waals surface area (Å²) in [7, 11) is 0. The number of rotatable bonds is 13. The molecule has 2 N–H and O–H groups in total. The van der Waals surface area contributed by atoms with Crippen molar-refractivity contribution in [3.63, 3.8) is 0 Å². The number of hydrogen-bond acceptors (Lipinski definition) is 7. The van der Waals surface area contributed by atoms with Gasteiger partial charge >= 0.3 is 5.97 Å². The topological polar surface area (TPSA) is 110 Å². The highest BCUT2D eigenvalue weighted by atomic mass is 16.6. The second-order valence-corrected chi connectivity index (χ2v) is 16.1. The number of hydrogen-bond donors (Lipinski definition) is 2. The van der Waals surface area contributed by atoms with E-state index in [1.54, 1.807) is 6.20 Å². The van der Waals surface area contributed by atoms with Crippen LogP contribution in [0.1, 0.15) is 90.2 Å². The summed E-state index contributed by atoms with van der Waals surface area (Å²) in [5.41, 5.74) is 9.21. The van der Waals surface area contributed by atoms with Crippen molar-refractivity contribution in [1.29, 1.82) is 0 Å². The monoisotopic (exact) mass is 779 g/mol. The van der Waals surface area contributed by atoms with Gasteiger partial charge in [0.2, 0.25) is 5.91 Å². The average molecular weight is 780 g/mol. The summed E-state index contributed by atoms with van der Waals surface area (Å²) in [5.74, 6) is 1.48. The number of carbonyl (C=O) groups excluding carboxylic acids is 1. The molecule has 0 saturated heterocycles. The molecule has 300 valence electrons. The summed E-state index contributed by atoms with van der Waals surface area (Å²) in [6.45, 7) is 7.78. The van der Waals surface area contributed by atoms with E-state index in [1.165, 1.54) is 25.7 Å². The first-order valence-electron chi connectivity index (χ1n) is 20.8. The number of aliphatic carboxylic acids is 1. The Hall–Kier alpha value is -5.67. The van der Waals surface area contributed by atoms with Crippen LogP contribution in [0.3, 0.4) is 0 Å². The Bertz CT molecular complexity index is 2220. The summed E-state index contributed by atoms with van der Waals surface area (Å²) in [4.78, 5) is 33.7. The normalized spacial score (nSPS) is 18.9. The molecule has 1 aliphatic carbocycles. The van der Waals surface area contributed by atoms with Gasteiger partial charge in [0.25, 0.3) is 0 Å².